The number of hydrogen-bond acceptors (Lipinski definition) is 3. The second kappa shape index (κ2) is 5.67. The molecule has 0 radical (unpaired) electrons. The maximum Gasteiger partial charge on any atom is 0.280 e. The molecule has 0 bridgehead atoms. The molecule has 1 aliphatic carbocycles. The van der Waals surface area contributed by atoms with Crippen molar-refractivity contribution >= 4 is 10.1 Å². The predicted molar refractivity (Wildman–Crippen MR) is 69.0 cm³/mol. The van der Waals surface area contributed by atoms with Crippen LogP contribution in [-0.2, 0) is 10.1 Å². The van der Waals surface area contributed by atoms with Gasteiger partial charge in [0.2, 0.25) is 0 Å². The van der Waals surface area contributed by atoms with Crippen LogP contribution in [0, 0.1) is 23.7 Å². The van der Waals surface area contributed by atoms with E-state index in [9.17, 15) is 8.42 Å². The largest absolute Gasteiger partial charge is 0.313 e. The second-order valence-corrected chi connectivity index (χ2v) is 7.33. The Morgan fingerprint density at radius 3 is 2.47 bits per heavy atom. The highest BCUT2D eigenvalue weighted by atomic mass is 32.2. The topological polar surface area (TPSA) is 80.4 Å². The van der Waals surface area contributed by atoms with Crippen molar-refractivity contribution in [3.8, 4) is 0 Å². The van der Waals surface area contributed by atoms with Crippen LogP contribution in [0.25, 0.3) is 0 Å². The Morgan fingerprint density at radius 2 is 1.94 bits per heavy atom. The summed E-state index contributed by atoms with van der Waals surface area (Å²) >= 11 is 0. The van der Waals surface area contributed by atoms with Crippen LogP contribution in [0.2, 0.25) is 0 Å². The van der Waals surface area contributed by atoms with Crippen LogP contribution in [-0.4, -0.2) is 18.3 Å². The molecule has 3 N–H and O–H groups in total. The summed E-state index contributed by atoms with van der Waals surface area (Å²) < 4.78 is 30.8. The summed E-state index contributed by atoms with van der Waals surface area (Å²) in [7, 11) is -4.09. The van der Waals surface area contributed by atoms with Crippen molar-refractivity contribution < 1.29 is 13.0 Å². The Bertz CT molecular complexity index is 342. The Balaban J connectivity index is 2.60. The Kier molecular flexibility index (Phi) is 4.98. The third kappa shape index (κ3) is 3.93. The molecular weight excluding hydrogens is 238 g/mol. The van der Waals surface area contributed by atoms with Crippen LogP contribution in [0.1, 0.15) is 46.5 Å². The van der Waals surface area contributed by atoms with Gasteiger partial charge in [0.1, 0.15) is 5.37 Å². The average molecular weight is 263 g/mol. The second-order valence-electron chi connectivity index (χ2n) is 5.70. The quantitative estimate of drug-likeness (QED) is 0.762. The van der Waals surface area contributed by atoms with E-state index >= 15 is 0 Å². The molecule has 5 unspecified atom stereocenters. The molecule has 0 aliphatic heterocycles. The SMILES string of the molecule is CC1CCCC(C(C)CC(N)S(=O)(=O)O)C1C. The van der Waals surface area contributed by atoms with E-state index < -0.39 is 15.5 Å². The molecule has 0 amide bonds. The fourth-order valence-electron chi connectivity index (χ4n) is 3.09. The minimum atomic E-state index is -4.09. The lowest BCUT2D eigenvalue weighted by atomic mass is 9.68. The van der Waals surface area contributed by atoms with E-state index in [-0.39, 0.29) is 5.92 Å². The van der Waals surface area contributed by atoms with Gasteiger partial charge in [-0.1, -0.05) is 33.6 Å². The fourth-order valence-corrected chi connectivity index (χ4v) is 3.64. The number of hydrogen-bond donors (Lipinski definition) is 2. The molecule has 4 nitrogen and oxygen atoms in total. The minimum Gasteiger partial charge on any atom is -0.313 e. The molecular formula is C12H25NO3S. The van der Waals surface area contributed by atoms with E-state index in [0.717, 1.165) is 6.42 Å². The van der Waals surface area contributed by atoms with Gasteiger partial charge in [0.15, 0.2) is 0 Å². The van der Waals surface area contributed by atoms with Gasteiger partial charge in [-0.05, 0) is 36.5 Å². The van der Waals surface area contributed by atoms with Gasteiger partial charge in [0, 0.05) is 0 Å². The van der Waals surface area contributed by atoms with E-state index in [4.69, 9.17) is 10.3 Å². The molecule has 0 aromatic rings. The van der Waals surface area contributed by atoms with Gasteiger partial charge in [0.05, 0.1) is 0 Å². The van der Waals surface area contributed by atoms with Crippen LogP contribution in [0.3, 0.4) is 0 Å². The van der Waals surface area contributed by atoms with Crippen LogP contribution < -0.4 is 5.73 Å². The summed E-state index contributed by atoms with van der Waals surface area (Å²) in [5, 5.41) is -1.14. The van der Waals surface area contributed by atoms with Gasteiger partial charge in [-0.15, -0.1) is 0 Å². The molecule has 1 rings (SSSR count). The van der Waals surface area contributed by atoms with Crippen molar-refractivity contribution in [3.05, 3.63) is 0 Å². The van der Waals surface area contributed by atoms with Crippen molar-refractivity contribution in [2.24, 2.45) is 29.4 Å². The standard InChI is InChI=1S/C12H25NO3S/c1-8-5-4-6-11(10(8)3)9(2)7-12(13)17(14,15)16/h8-12H,4-7,13H2,1-3H3,(H,14,15,16). The zero-order valence-electron chi connectivity index (χ0n) is 11.0. The molecule has 102 valence electrons. The lowest BCUT2D eigenvalue weighted by Gasteiger charge is -2.38. The summed E-state index contributed by atoms with van der Waals surface area (Å²) in [4.78, 5) is 0. The van der Waals surface area contributed by atoms with Crippen molar-refractivity contribution in [1.29, 1.82) is 0 Å². The third-order valence-corrected chi connectivity index (χ3v) is 5.45. The van der Waals surface area contributed by atoms with Crippen molar-refractivity contribution in [2.45, 2.75) is 51.8 Å². The van der Waals surface area contributed by atoms with E-state index in [1.54, 1.807) is 0 Å². The molecule has 5 atom stereocenters. The van der Waals surface area contributed by atoms with Gasteiger partial charge in [-0.25, -0.2) is 0 Å². The predicted octanol–water partition coefficient (Wildman–Crippen LogP) is 2.26. The van der Waals surface area contributed by atoms with Crippen LogP contribution in [0.4, 0.5) is 0 Å². The van der Waals surface area contributed by atoms with Crippen LogP contribution in [0.5, 0.6) is 0 Å². The Labute approximate surface area is 105 Å². The van der Waals surface area contributed by atoms with Gasteiger partial charge >= 0.3 is 0 Å². The first-order chi connectivity index (χ1) is 7.73. The monoisotopic (exact) mass is 263 g/mol. The summed E-state index contributed by atoms with van der Waals surface area (Å²) in [5.74, 6) is 2.06. The highest BCUT2D eigenvalue weighted by molar-refractivity contribution is 7.86. The number of nitrogens with two attached hydrogens (primary N) is 1. The molecule has 0 aromatic carbocycles. The Hall–Kier alpha value is -0.130. The highest BCUT2D eigenvalue weighted by Crippen LogP contribution is 2.39. The van der Waals surface area contributed by atoms with Gasteiger partial charge in [-0.2, -0.15) is 8.42 Å². The zero-order valence-corrected chi connectivity index (χ0v) is 11.8. The maximum atomic E-state index is 10.9. The minimum absolute atomic E-state index is 0.240. The van der Waals surface area contributed by atoms with E-state index in [2.05, 4.69) is 13.8 Å². The van der Waals surface area contributed by atoms with Gasteiger partial charge in [-0.3, -0.25) is 4.55 Å². The number of rotatable bonds is 4. The van der Waals surface area contributed by atoms with Crippen molar-refractivity contribution in [2.75, 3.05) is 0 Å². The lowest BCUT2D eigenvalue weighted by Crippen LogP contribution is -2.36. The zero-order chi connectivity index (χ0) is 13.2. The van der Waals surface area contributed by atoms with E-state index in [0.29, 0.717) is 24.2 Å². The molecule has 0 heterocycles. The molecule has 17 heavy (non-hydrogen) atoms. The first-order valence-corrected chi connectivity index (χ1v) is 7.95. The van der Waals surface area contributed by atoms with E-state index in [1.807, 2.05) is 6.92 Å². The molecule has 0 spiro atoms. The maximum absolute atomic E-state index is 10.9. The van der Waals surface area contributed by atoms with Crippen LogP contribution in [0.15, 0.2) is 0 Å². The summed E-state index contributed by atoms with van der Waals surface area (Å²) in [5.41, 5.74) is 5.50. The van der Waals surface area contributed by atoms with E-state index in [1.165, 1.54) is 12.8 Å². The molecule has 0 aromatic heterocycles. The van der Waals surface area contributed by atoms with Gasteiger partial charge < -0.3 is 5.73 Å². The molecule has 0 saturated heterocycles. The smallest absolute Gasteiger partial charge is 0.280 e. The molecule has 1 saturated carbocycles. The lowest BCUT2D eigenvalue weighted by molar-refractivity contribution is 0.125. The van der Waals surface area contributed by atoms with Crippen LogP contribution >= 0.6 is 0 Å². The molecule has 1 fully saturated rings. The fraction of sp³-hybridized carbons (Fsp3) is 1.00. The summed E-state index contributed by atoms with van der Waals surface area (Å²) in [6, 6.07) is 0. The van der Waals surface area contributed by atoms with Gasteiger partial charge in [0.25, 0.3) is 10.1 Å². The first-order valence-electron chi connectivity index (χ1n) is 6.45. The molecule has 1 aliphatic rings. The van der Waals surface area contributed by atoms with Crippen molar-refractivity contribution in [3.63, 3.8) is 0 Å². The first kappa shape index (κ1) is 14.9. The highest BCUT2D eigenvalue weighted by Gasteiger charge is 2.33. The normalized spacial score (nSPS) is 34.3. The summed E-state index contributed by atoms with van der Waals surface area (Å²) in [6.45, 7) is 6.54. The average Bonchev–Trinajstić information content (AvgIpc) is 2.20. The van der Waals surface area contributed by atoms with Crippen molar-refractivity contribution in [1.82, 2.24) is 0 Å². The Morgan fingerprint density at radius 1 is 1.35 bits per heavy atom. The molecule has 5 heteroatoms. The third-order valence-electron chi connectivity index (χ3n) is 4.49. The summed E-state index contributed by atoms with van der Waals surface area (Å²) in [6.07, 6.45) is 3.96.